The molecule has 1 aromatic carbocycles. The first kappa shape index (κ1) is 22.5. The van der Waals surface area contributed by atoms with Crippen LogP contribution in [-0.4, -0.2) is 57.2 Å². The van der Waals surface area contributed by atoms with Crippen molar-refractivity contribution in [2.75, 3.05) is 18.4 Å². The number of nitrogens with zero attached hydrogens (tertiary/aromatic N) is 5. The molecule has 1 amide bonds. The Bertz CT molecular complexity index is 1140. The summed E-state index contributed by atoms with van der Waals surface area (Å²) < 4.78 is 33.9. The van der Waals surface area contributed by atoms with Crippen LogP contribution in [0.3, 0.4) is 0 Å². The summed E-state index contributed by atoms with van der Waals surface area (Å²) in [5.41, 5.74) is 0.523. The van der Waals surface area contributed by atoms with E-state index in [0.717, 1.165) is 19.3 Å². The van der Waals surface area contributed by atoms with E-state index >= 15 is 0 Å². The zero-order chi connectivity index (χ0) is 22.6. The van der Waals surface area contributed by atoms with E-state index in [-0.39, 0.29) is 10.8 Å². The summed E-state index contributed by atoms with van der Waals surface area (Å²) in [4.78, 5) is 12.9. The Morgan fingerprint density at radius 3 is 2.62 bits per heavy atom. The third kappa shape index (κ3) is 5.19. The molecule has 0 bridgehead atoms. The SMILES string of the molecule is CC(Sc1nnnn1Cc1ccco1)C(=O)Nc1ccc(S(=O)(=O)N2CCCCC2)cc1. The van der Waals surface area contributed by atoms with Crippen LogP contribution in [0.15, 0.2) is 57.1 Å². The highest BCUT2D eigenvalue weighted by molar-refractivity contribution is 8.00. The molecule has 0 saturated carbocycles. The van der Waals surface area contributed by atoms with Crippen molar-refractivity contribution in [2.45, 2.75) is 48.0 Å². The van der Waals surface area contributed by atoms with Crippen molar-refractivity contribution >= 4 is 33.4 Å². The Morgan fingerprint density at radius 1 is 1.19 bits per heavy atom. The second kappa shape index (κ2) is 9.84. The van der Waals surface area contributed by atoms with Crippen LogP contribution in [0.25, 0.3) is 0 Å². The van der Waals surface area contributed by atoms with Gasteiger partial charge >= 0.3 is 0 Å². The number of hydrogen-bond donors (Lipinski definition) is 1. The van der Waals surface area contributed by atoms with Gasteiger partial charge in [0.25, 0.3) is 0 Å². The van der Waals surface area contributed by atoms with Crippen molar-refractivity contribution < 1.29 is 17.6 Å². The molecular weight excluding hydrogens is 452 g/mol. The molecule has 3 heterocycles. The fourth-order valence-corrected chi connectivity index (χ4v) is 5.66. The topological polar surface area (TPSA) is 123 Å². The minimum Gasteiger partial charge on any atom is -0.467 e. The number of benzene rings is 1. The highest BCUT2D eigenvalue weighted by Gasteiger charge is 2.26. The summed E-state index contributed by atoms with van der Waals surface area (Å²) in [5.74, 6) is 0.463. The summed E-state index contributed by atoms with van der Waals surface area (Å²) in [6.07, 6.45) is 4.40. The van der Waals surface area contributed by atoms with E-state index in [9.17, 15) is 13.2 Å². The quantitative estimate of drug-likeness (QED) is 0.492. The predicted molar refractivity (Wildman–Crippen MR) is 119 cm³/mol. The largest absolute Gasteiger partial charge is 0.467 e. The lowest BCUT2D eigenvalue weighted by atomic mass is 10.2. The van der Waals surface area contributed by atoms with Crippen LogP contribution < -0.4 is 5.32 Å². The van der Waals surface area contributed by atoms with Gasteiger partial charge in [-0.1, -0.05) is 18.2 Å². The number of thioether (sulfide) groups is 1. The summed E-state index contributed by atoms with van der Waals surface area (Å²) >= 11 is 1.22. The predicted octanol–water partition coefficient (Wildman–Crippen LogP) is 2.61. The van der Waals surface area contributed by atoms with Gasteiger partial charge in [0.2, 0.25) is 21.1 Å². The molecule has 1 saturated heterocycles. The zero-order valence-electron chi connectivity index (χ0n) is 17.5. The fourth-order valence-electron chi connectivity index (χ4n) is 3.35. The van der Waals surface area contributed by atoms with Gasteiger partial charge < -0.3 is 9.73 Å². The number of carbonyl (C=O) groups excluding carboxylic acids is 1. The first-order valence-electron chi connectivity index (χ1n) is 10.3. The number of aromatic nitrogens is 4. The van der Waals surface area contributed by atoms with Crippen LogP contribution in [0.1, 0.15) is 31.9 Å². The summed E-state index contributed by atoms with van der Waals surface area (Å²) in [5, 5.41) is 14.4. The molecule has 0 aliphatic carbocycles. The second-order valence-electron chi connectivity index (χ2n) is 7.44. The lowest BCUT2D eigenvalue weighted by molar-refractivity contribution is -0.115. The van der Waals surface area contributed by atoms with E-state index in [2.05, 4.69) is 20.8 Å². The molecule has 10 nitrogen and oxygen atoms in total. The Balaban J connectivity index is 1.36. The molecule has 170 valence electrons. The van der Waals surface area contributed by atoms with Gasteiger partial charge in [0.1, 0.15) is 12.3 Å². The van der Waals surface area contributed by atoms with Crippen LogP contribution >= 0.6 is 11.8 Å². The number of tetrazole rings is 1. The van der Waals surface area contributed by atoms with Crippen molar-refractivity contribution in [3.8, 4) is 0 Å². The highest BCUT2D eigenvalue weighted by Crippen LogP contribution is 2.24. The highest BCUT2D eigenvalue weighted by atomic mass is 32.2. The monoisotopic (exact) mass is 476 g/mol. The number of rotatable bonds is 8. The Hall–Kier alpha value is -2.70. The third-order valence-corrected chi connectivity index (χ3v) is 8.09. The second-order valence-corrected chi connectivity index (χ2v) is 10.7. The van der Waals surface area contributed by atoms with Gasteiger partial charge in [-0.2, -0.15) is 4.31 Å². The van der Waals surface area contributed by atoms with Gasteiger partial charge in [0.15, 0.2) is 0 Å². The van der Waals surface area contributed by atoms with Crippen molar-refractivity contribution in [3.63, 3.8) is 0 Å². The first-order chi connectivity index (χ1) is 15.4. The van der Waals surface area contributed by atoms with Gasteiger partial charge in [0, 0.05) is 18.8 Å². The maximum atomic E-state index is 12.8. The van der Waals surface area contributed by atoms with E-state index in [1.807, 2.05) is 6.07 Å². The lowest BCUT2D eigenvalue weighted by Gasteiger charge is -2.25. The lowest BCUT2D eigenvalue weighted by Crippen LogP contribution is -2.35. The number of nitrogens with one attached hydrogen (secondary N) is 1. The Morgan fingerprint density at radius 2 is 1.94 bits per heavy atom. The molecule has 1 N–H and O–H groups in total. The van der Waals surface area contributed by atoms with E-state index < -0.39 is 15.3 Å². The molecular formula is C20H24N6O4S2. The molecule has 2 aromatic heterocycles. The standard InChI is InChI=1S/C20H24N6O4S2/c1-15(31-20-22-23-24-26(20)14-17-6-5-13-30-17)19(27)21-16-7-9-18(10-8-16)32(28,29)25-11-3-2-4-12-25/h5-10,13,15H,2-4,11-12,14H2,1H3,(H,21,27). The summed E-state index contributed by atoms with van der Waals surface area (Å²) in [6.45, 7) is 3.22. The molecule has 0 spiro atoms. The minimum absolute atomic E-state index is 0.233. The van der Waals surface area contributed by atoms with Crippen LogP contribution in [0, 0.1) is 0 Å². The number of piperidine rings is 1. The molecule has 1 fully saturated rings. The maximum Gasteiger partial charge on any atom is 0.243 e. The fraction of sp³-hybridized carbons (Fsp3) is 0.400. The van der Waals surface area contributed by atoms with E-state index in [0.29, 0.717) is 36.2 Å². The van der Waals surface area contributed by atoms with Crippen LogP contribution in [0.5, 0.6) is 0 Å². The average molecular weight is 477 g/mol. The van der Waals surface area contributed by atoms with Gasteiger partial charge in [-0.05, 0) is 66.6 Å². The number of amides is 1. The van der Waals surface area contributed by atoms with Crippen LogP contribution in [0.2, 0.25) is 0 Å². The molecule has 1 aliphatic rings. The molecule has 1 aliphatic heterocycles. The number of anilines is 1. The van der Waals surface area contributed by atoms with Crippen LogP contribution in [0.4, 0.5) is 5.69 Å². The Kier molecular flexibility index (Phi) is 6.92. The van der Waals surface area contributed by atoms with Gasteiger partial charge in [0.05, 0.1) is 16.4 Å². The van der Waals surface area contributed by atoms with Crippen molar-refractivity contribution in [1.29, 1.82) is 0 Å². The van der Waals surface area contributed by atoms with E-state index in [4.69, 9.17) is 4.42 Å². The number of furan rings is 1. The van der Waals surface area contributed by atoms with Gasteiger partial charge in [-0.25, -0.2) is 13.1 Å². The normalized spacial score (nSPS) is 16.0. The zero-order valence-corrected chi connectivity index (χ0v) is 19.2. The molecule has 3 aromatic rings. The third-order valence-electron chi connectivity index (χ3n) is 5.11. The maximum absolute atomic E-state index is 12.8. The molecule has 32 heavy (non-hydrogen) atoms. The number of sulfonamides is 1. The number of carbonyl (C=O) groups is 1. The average Bonchev–Trinajstić information content (AvgIpc) is 3.47. The van der Waals surface area contributed by atoms with E-state index in [1.54, 1.807) is 36.1 Å². The van der Waals surface area contributed by atoms with Crippen molar-refractivity contribution in [2.24, 2.45) is 0 Å². The van der Waals surface area contributed by atoms with Crippen LogP contribution in [-0.2, 0) is 21.4 Å². The minimum atomic E-state index is -3.50. The molecule has 1 atom stereocenters. The van der Waals surface area contributed by atoms with Crippen molar-refractivity contribution in [1.82, 2.24) is 24.5 Å². The number of hydrogen-bond acceptors (Lipinski definition) is 8. The molecule has 12 heteroatoms. The van der Waals surface area contributed by atoms with E-state index in [1.165, 1.54) is 28.2 Å². The molecule has 1 unspecified atom stereocenters. The van der Waals surface area contributed by atoms with Gasteiger partial charge in [-0.15, -0.1) is 5.10 Å². The Labute approximate surface area is 190 Å². The summed E-state index contributed by atoms with van der Waals surface area (Å²) in [6, 6.07) is 9.87. The first-order valence-corrected chi connectivity index (χ1v) is 12.6. The summed E-state index contributed by atoms with van der Waals surface area (Å²) in [7, 11) is -3.50. The van der Waals surface area contributed by atoms with Crippen molar-refractivity contribution in [3.05, 3.63) is 48.4 Å². The smallest absolute Gasteiger partial charge is 0.243 e. The molecule has 0 radical (unpaired) electrons. The van der Waals surface area contributed by atoms with Gasteiger partial charge in [-0.3, -0.25) is 4.79 Å². The molecule has 4 rings (SSSR count).